The zero-order valence-electron chi connectivity index (χ0n) is 18.7. The molecule has 1 aliphatic carbocycles. The molecule has 1 aliphatic rings. The molecule has 0 aliphatic heterocycles. The van der Waals surface area contributed by atoms with Crippen molar-refractivity contribution >= 4 is 11.9 Å². The summed E-state index contributed by atoms with van der Waals surface area (Å²) in [6, 6.07) is 26.3. The Morgan fingerprint density at radius 1 is 0.970 bits per heavy atom. The molecule has 4 aromatic rings. The first-order valence-corrected chi connectivity index (χ1v) is 10.7. The number of nitrogens with one attached hydrogen (secondary N) is 1. The molecule has 1 fully saturated rings. The number of benzene rings is 3. The van der Waals surface area contributed by atoms with Crippen LogP contribution in [0.3, 0.4) is 0 Å². The summed E-state index contributed by atoms with van der Waals surface area (Å²) in [5, 5.41) is 10.8. The third kappa shape index (κ3) is 5.47. The van der Waals surface area contributed by atoms with Crippen molar-refractivity contribution in [2.75, 3.05) is 5.32 Å². The third-order valence-electron chi connectivity index (χ3n) is 5.57. The van der Waals surface area contributed by atoms with Crippen LogP contribution in [0.1, 0.15) is 37.0 Å². The monoisotopic (exact) mass is 446 g/mol. The first kappa shape index (κ1) is 23.1. The number of carbonyl (C=O) groups excluding carboxylic acids is 1. The van der Waals surface area contributed by atoms with Crippen molar-refractivity contribution in [3.63, 3.8) is 0 Å². The van der Waals surface area contributed by atoms with E-state index in [1.54, 1.807) is 4.68 Å². The smallest absolute Gasteiger partial charge is 0.441 e. The van der Waals surface area contributed by atoms with Crippen LogP contribution >= 0.6 is 0 Å². The number of anilines is 1. The second kappa shape index (κ2) is 10.3. The molecule has 6 nitrogen and oxygen atoms in total. The SMILES string of the molecule is C[C@@H](OC(=O)Nc1cnnn1-c1ccc(-c2ccc([C-]3CC3)cc2)cc1)c1ccccc1.[Na+]. The van der Waals surface area contributed by atoms with Crippen LogP contribution in [0.4, 0.5) is 10.6 Å². The summed E-state index contributed by atoms with van der Waals surface area (Å²) in [7, 11) is 0. The number of aromatic nitrogens is 3. The second-order valence-electron chi connectivity index (χ2n) is 7.84. The van der Waals surface area contributed by atoms with Crippen LogP contribution in [0.5, 0.6) is 0 Å². The second-order valence-corrected chi connectivity index (χ2v) is 7.84. The van der Waals surface area contributed by atoms with Crippen molar-refractivity contribution in [2.24, 2.45) is 0 Å². The van der Waals surface area contributed by atoms with E-state index in [0.29, 0.717) is 5.82 Å². The first-order valence-electron chi connectivity index (χ1n) is 10.7. The summed E-state index contributed by atoms with van der Waals surface area (Å²) in [5.74, 6) is 1.98. The van der Waals surface area contributed by atoms with E-state index < -0.39 is 6.09 Å². The Hall–Kier alpha value is -3.06. The van der Waals surface area contributed by atoms with Gasteiger partial charge in [-0.25, -0.2) is 4.79 Å². The van der Waals surface area contributed by atoms with E-state index in [9.17, 15) is 4.79 Å². The van der Waals surface area contributed by atoms with E-state index in [1.165, 1.54) is 30.5 Å². The summed E-state index contributed by atoms with van der Waals surface area (Å²) in [4.78, 5) is 12.4. The van der Waals surface area contributed by atoms with E-state index in [-0.39, 0.29) is 35.7 Å². The predicted octanol–water partition coefficient (Wildman–Crippen LogP) is 2.96. The van der Waals surface area contributed by atoms with Gasteiger partial charge in [-0.15, -0.1) is 17.2 Å². The van der Waals surface area contributed by atoms with Crippen LogP contribution in [0.15, 0.2) is 85.1 Å². The Morgan fingerprint density at radius 2 is 1.61 bits per heavy atom. The van der Waals surface area contributed by atoms with Crippen LogP contribution in [-0.4, -0.2) is 21.1 Å². The van der Waals surface area contributed by atoms with E-state index in [2.05, 4.69) is 39.9 Å². The van der Waals surface area contributed by atoms with E-state index in [0.717, 1.165) is 22.4 Å². The zero-order chi connectivity index (χ0) is 21.9. The Bertz CT molecular complexity index is 1200. The van der Waals surface area contributed by atoms with Gasteiger partial charge in [-0.3, -0.25) is 5.32 Å². The summed E-state index contributed by atoms with van der Waals surface area (Å²) in [6.45, 7) is 1.83. The maximum atomic E-state index is 12.4. The molecule has 1 heterocycles. The Balaban J connectivity index is 0.00000259. The van der Waals surface area contributed by atoms with Crippen LogP contribution in [0.2, 0.25) is 0 Å². The van der Waals surface area contributed by atoms with Gasteiger partial charge in [0.1, 0.15) is 6.10 Å². The molecule has 7 heteroatoms. The molecule has 1 atom stereocenters. The van der Waals surface area contributed by atoms with Gasteiger partial charge < -0.3 is 4.74 Å². The fourth-order valence-corrected chi connectivity index (χ4v) is 3.64. The predicted molar refractivity (Wildman–Crippen MR) is 123 cm³/mol. The van der Waals surface area contributed by atoms with Gasteiger partial charge in [0.25, 0.3) is 0 Å². The molecule has 0 bridgehead atoms. The third-order valence-corrected chi connectivity index (χ3v) is 5.57. The molecule has 1 aromatic heterocycles. The van der Waals surface area contributed by atoms with E-state index in [4.69, 9.17) is 4.74 Å². The van der Waals surface area contributed by atoms with Crippen molar-refractivity contribution in [1.29, 1.82) is 0 Å². The zero-order valence-corrected chi connectivity index (χ0v) is 20.7. The van der Waals surface area contributed by atoms with Crippen LogP contribution in [-0.2, 0) is 4.74 Å². The minimum absolute atomic E-state index is 0. The molecule has 0 radical (unpaired) electrons. The summed E-state index contributed by atoms with van der Waals surface area (Å²) >= 11 is 0. The molecule has 160 valence electrons. The van der Waals surface area contributed by atoms with E-state index >= 15 is 0 Å². The molecule has 33 heavy (non-hydrogen) atoms. The largest absolute Gasteiger partial charge is 1.00 e. The molecular weight excluding hydrogens is 423 g/mol. The van der Waals surface area contributed by atoms with Crippen LogP contribution in [0.25, 0.3) is 16.8 Å². The average molecular weight is 446 g/mol. The van der Waals surface area contributed by atoms with Crippen LogP contribution < -0.4 is 34.9 Å². The Morgan fingerprint density at radius 3 is 2.24 bits per heavy atom. The summed E-state index contributed by atoms with van der Waals surface area (Å²) in [6.07, 6.45) is 3.01. The fraction of sp³-hybridized carbons (Fsp3) is 0.154. The number of rotatable bonds is 6. The molecule has 1 amide bonds. The number of nitrogens with zero attached hydrogens (tertiary/aromatic N) is 3. The molecular formula is C26H23N4NaO2. The average Bonchev–Trinajstić information content (AvgIpc) is 3.59. The number of amides is 1. The first-order chi connectivity index (χ1) is 15.7. The van der Waals surface area contributed by atoms with Gasteiger partial charge in [-0.1, -0.05) is 60.5 Å². The fourth-order valence-electron chi connectivity index (χ4n) is 3.64. The maximum absolute atomic E-state index is 12.4. The van der Waals surface area contributed by atoms with Crippen molar-refractivity contribution in [3.05, 3.63) is 102 Å². The molecule has 3 aromatic carbocycles. The molecule has 0 spiro atoms. The number of hydrogen-bond donors (Lipinski definition) is 1. The van der Waals surface area contributed by atoms with Crippen molar-refractivity contribution in [2.45, 2.75) is 25.9 Å². The van der Waals surface area contributed by atoms with E-state index in [1.807, 2.05) is 61.5 Å². The van der Waals surface area contributed by atoms with Crippen LogP contribution in [0, 0.1) is 5.92 Å². The topological polar surface area (TPSA) is 69.0 Å². The van der Waals surface area contributed by atoms with Gasteiger partial charge >= 0.3 is 35.7 Å². The molecule has 1 saturated carbocycles. The Labute approximate surface area is 215 Å². The molecule has 5 rings (SSSR count). The quantitative estimate of drug-likeness (QED) is 0.365. The van der Waals surface area contributed by atoms with Crippen molar-refractivity contribution < 1.29 is 39.1 Å². The Kier molecular flexibility index (Phi) is 7.18. The van der Waals surface area contributed by atoms with Crippen molar-refractivity contribution in [3.8, 4) is 16.8 Å². The summed E-state index contributed by atoms with van der Waals surface area (Å²) < 4.78 is 7.06. The molecule has 0 saturated heterocycles. The summed E-state index contributed by atoms with van der Waals surface area (Å²) in [5.41, 5.74) is 5.34. The van der Waals surface area contributed by atoms with Gasteiger partial charge in [0.15, 0.2) is 5.82 Å². The van der Waals surface area contributed by atoms with Gasteiger partial charge in [0, 0.05) is 0 Å². The molecule has 1 N–H and O–H groups in total. The van der Waals surface area contributed by atoms with Gasteiger partial charge in [-0.05, 0) is 35.7 Å². The minimum atomic E-state index is -0.560. The number of ether oxygens (including phenoxy) is 1. The van der Waals surface area contributed by atoms with Gasteiger partial charge in [0.2, 0.25) is 0 Å². The normalized spacial score (nSPS) is 13.1. The number of carbonyl (C=O) groups is 1. The maximum Gasteiger partial charge on any atom is 1.00 e. The molecule has 0 unspecified atom stereocenters. The number of hydrogen-bond acceptors (Lipinski definition) is 4. The minimum Gasteiger partial charge on any atom is -0.441 e. The standard InChI is InChI=1S/C26H23N4O2.Na/c1-18(19-5-3-2-4-6-19)32-26(31)28-25-17-27-29-30(25)24-15-13-23(14-16-24)22-11-9-21(10-12-22)20-7-8-20;/h2-6,9-18H,7-8H2,1H3,(H,28,31);/q-1;+1/t18-;/m1./s1. The van der Waals surface area contributed by atoms with Crippen molar-refractivity contribution in [1.82, 2.24) is 15.0 Å². The van der Waals surface area contributed by atoms with Gasteiger partial charge in [-0.2, -0.15) is 28.3 Å². The van der Waals surface area contributed by atoms with Gasteiger partial charge in [0.05, 0.1) is 11.9 Å².